The molecule has 2 N–H and O–H groups in total. The van der Waals surface area contributed by atoms with Gasteiger partial charge in [-0.2, -0.15) is 0 Å². The van der Waals surface area contributed by atoms with Crippen molar-refractivity contribution >= 4 is 28.8 Å². The van der Waals surface area contributed by atoms with Crippen LogP contribution in [0, 0.1) is 0 Å². The molecule has 3 rings (SSSR count). The van der Waals surface area contributed by atoms with Gasteiger partial charge in [0.25, 0.3) is 11.5 Å². The molecule has 24 heavy (non-hydrogen) atoms. The zero-order chi connectivity index (χ0) is 16.9. The first-order chi connectivity index (χ1) is 11.6. The molecule has 0 radical (unpaired) electrons. The smallest absolute Gasteiger partial charge is 0.260 e. The number of thiazole rings is 1. The fraction of sp³-hybridized carbons (Fsp3) is 0.400. The van der Waals surface area contributed by atoms with Crippen LogP contribution in [0.1, 0.15) is 22.5 Å². The summed E-state index contributed by atoms with van der Waals surface area (Å²) in [5.74, 6) is -0.503. The number of carbonyl (C=O) groups is 1. The third-order valence-electron chi connectivity index (χ3n) is 3.65. The van der Waals surface area contributed by atoms with E-state index in [0.29, 0.717) is 26.2 Å². The van der Waals surface area contributed by atoms with Crippen LogP contribution < -0.4 is 10.9 Å². The Morgan fingerprint density at radius 2 is 2.46 bits per heavy atom. The second-order valence-electron chi connectivity index (χ2n) is 5.33. The van der Waals surface area contributed by atoms with E-state index in [1.165, 1.54) is 23.6 Å². The molecule has 2 aromatic heterocycles. The number of nitrogens with zero attached hydrogens (tertiary/aromatic N) is 1. The molecule has 0 spiro atoms. The van der Waals surface area contributed by atoms with Crippen molar-refractivity contribution in [2.45, 2.75) is 25.2 Å². The van der Waals surface area contributed by atoms with Crippen molar-refractivity contribution in [2.24, 2.45) is 0 Å². The lowest BCUT2D eigenvalue weighted by Gasteiger charge is -2.31. The molecule has 2 atom stereocenters. The van der Waals surface area contributed by atoms with Gasteiger partial charge in [-0.25, -0.2) is 4.98 Å². The highest BCUT2D eigenvalue weighted by atomic mass is 35.5. The van der Waals surface area contributed by atoms with Crippen molar-refractivity contribution in [1.29, 1.82) is 0 Å². The molecule has 1 fully saturated rings. The lowest BCUT2D eigenvalue weighted by molar-refractivity contribution is -0.0611. The summed E-state index contributed by atoms with van der Waals surface area (Å²) in [6.45, 7) is 1.26. The van der Waals surface area contributed by atoms with Crippen LogP contribution in [0.2, 0.25) is 5.02 Å². The van der Waals surface area contributed by atoms with Crippen LogP contribution in [-0.4, -0.2) is 41.2 Å². The number of halogens is 1. The third kappa shape index (κ3) is 4.21. The molecular formula is C15H16ClN3O4S. The molecule has 1 amide bonds. The Morgan fingerprint density at radius 3 is 3.25 bits per heavy atom. The zero-order valence-electron chi connectivity index (χ0n) is 12.7. The first-order valence-electron chi connectivity index (χ1n) is 7.39. The van der Waals surface area contributed by atoms with E-state index < -0.39 is 11.5 Å². The van der Waals surface area contributed by atoms with Gasteiger partial charge in [-0.1, -0.05) is 11.6 Å². The minimum atomic E-state index is -0.503. The van der Waals surface area contributed by atoms with Crippen LogP contribution >= 0.6 is 22.9 Å². The minimum Gasteiger partial charge on any atom is -0.379 e. The number of carbonyl (C=O) groups excluding carboxylic acids is 1. The first kappa shape index (κ1) is 17.1. The van der Waals surface area contributed by atoms with Gasteiger partial charge < -0.3 is 19.8 Å². The number of pyridine rings is 1. The number of hydrogen-bond donors (Lipinski definition) is 2. The first-order valence-corrected chi connectivity index (χ1v) is 8.71. The summed E-state index contributed by atoms with van der Waals surface area (Å²) >= 11 is 7.34. The molecular weight excluding hydrogens is 354 g/mol. The summed E-state index contributed by atoms with van der Waals surface area (Å²) in [7, 11) is 0. The molecule has 1 aliphatic rings. The third-order valence-corrected chi connectivity index (χ3v) is 4.50. The van der Waals surface area contributed by atoms with E-state index in [-0.39, 0.29) is 22.7 Å². The standard InChI is InChI=1S/C15H16ClN3O4S/c16-9-3-11(14(20)17-4-9)15(21)19-12-6-22-2-1-13(12)23-5-10-7-24-8-18-10/h3-4,7-8,12-13H,1-2,5-6H2,(H,17,20)(H,19,21)/t12-,13+/m1/s1. The predicted molar refractivity (Wildman–Crippen MR) is 89.5 cm³/mol. The van der Waals surface area contributed by atoms with Crippen LogP contribution in [0.3, 0.4) is 0 Å². The van der Waals surface area contributed by atoms with Gasteiger partial charge in [0.2, 0.25) is 0 Å². The number of amides is 1. The number of aromatic amines is 1. The second-order valence-corrected chi connectivity index (χ2v) is 6.49. The molecule has 0 aromatic carbocycles. The average Bonchev–Trinajstić information content (AvgIpc) is 3.09. The van der Waals surface area contributed by atoms with Crippen molar-refractivity contribution < 1.29 is 14.3 Å². The Hall–Kier alpha value is -1.74. The number of hydrogen-bond acceptors (Lipinski definition) is 6. The molecule has 3 heterocycles. The summed E-state index contributed by atoms with van der Waals surface area (Å²) in [4.78, 5) is 30.7. The second kappa shape index (κ2) is 7.89. The van der Waals surface area contributed by atoms with Crippen LogP contribution in [0.5, 0.6) is 0 Å². The maximum absolute atomic E-state index is 12.4. The van der Waals surface area contributed by atoms with Gasteiger partial charge in [0.05, 0.1) is 41.6 Å². The molecule has 0 bridgehead atoms. The molecule has 2 aromatic rings. The fourth-order valence-corrected chi connectivity index (χ4v) is 3.13. The maximum Gasteiger partial charge on any atom is 0.260 e. The normalized spacial score (nSPS) is 20.7. The largest absolute Gasteiger partial charge is 0.379 e. The van der Waals surface area contributed by atoms with Crippen LogP contribution in [-0.2, 0) is 16.1 Å². The molecule has 1 aliphatic heterocycles. The quantitative estimate of drug-likeness (QED) is 0.834. The van der Waals surface area contributed by atoms with E-state index >= 15 is 0 Å². The van der Waals surface area contributed by atoms with Crippen LogP contribution in [0.15, 0.2) is 27.9 Å². The van der Waals surface area contributed by atoms with E-state index in [9.17, 15) is 9.59 Å². The van der Waals surface area contributed by atoms with Crippen molar-refractivity contribution in [3.63, 3.8) is 0 Å². The highest BCUT2D eigenvalue weighted by Crippen LogP contribution is 2.15. The van der Waals surface area contributed by atoms with Gasteiger partial charge in [0.1, 0.15) is 5.56 Å². The lowest BCUT2D eigenvalue weighted by atomic mass is 10.1. The van der Waals surface area contributed by atoms with Gasteiger partial charge in [-0.3, -0.25) is 9.59 Å². The summed E-state index contributed by atoms with van der Waals surface area (Å²) in [6.07, 6.45) is 1.79. The SMILES string of the molecule is O=C(N[C@@H]1COCC[C@@H]1OCc1cscn1)c1cc(Cl)c[nH]c1=O. The van der Waals surface area contributed by atoms with Gasteiger partial charge in [0, 0.05) is 18.2 Å². The van der Waals surface area contributed by atoms with E-state index in [4.69, 9.17) is 21.1 Å². The van der Waals surface area contributed by atoms with E-state index in [2.05, 4.69) is 15.3 Å². The van der Waals surface area contributed by atoms with Gasteiger partial charge >= 0.3 is 0 Å². The lowest BCUT2D eigenvalue weighted by Crippen LogP contribution is -2.51. The molecule has 7 nitrogen and oxygen atoms in total. The Balaban J connectivity index is 1.65. The number of ether oxygens (including phenoxy) is 2. The molecule has 128 valence electrons. The topological polar surface area (TPSA) is 93.3 Å². The zero-order valence-corrected chi connectivity index (χ0v) is 14.2. The van der Waals surface area contributed by atoms with E-state index in [0.717, 1.165) is 5.69 Å². The number of H-pyrrole nitrogens is 1. The van der Waals surface area contributed by atoms with Crippen molar-refractivity contribution in [1.82, 2.24) is 15.3 Å². The number of aromatic nitrogens is 2. The monoisotopic (exact) mass is 369 g/mol. The highest BCUT2D eigenvalue weighted by Gasteiger charge is 2.29. The van der Waals surface area contributed by atoms with Crippen molar-refractivity contribution in [3.8, 4) is 0 Å². The predicted octanol–water partition coefficient (Wildman–Crippen LogP) is 1.59. The Morgan fingerprint density at radius 1 is 1.58 bits per heavy atom. The highest BCUT2D eigenvalue weighted by molar-refractivity contribution is 7.07. The van der Waals surface area contributed by atoms with Crippen LogP contribution in [0.4, 0.5) is 0 Å². The summed E-state index contributed by atoms with van der Waals surface area (Å²) in [5.41, 5.74) is 2.07. The summed E-state index contributed by atoms with van der Waals surface area (Å²) in [5, 5.41) is 5.00. The van der Waals surface area contributed by atoms with Crippen molar-refractivity contribution in [3.05, 3.63) is 49.8 Å². The molecule has 0 saturated carbocycles. The average molecular weight is 370 g/mol. The number of rotatable bonds is 5. The van der Waals surface area contributed by atoms with Gasteiger partial charge in [-0.05, 0) is 12.5 Å². The minimum absolute atomic E-state index is 0.0358. The van der Waals surface area contributed by atoms with Gasteiger partial charge in [0.15, 0.2) is 0 Å². The summed E-state index contributed by atoms with van der Waals surface area (Å²) < 4.78 is 11.3. The fourth-order valence-electron chi connectivity index (χ4n) is 2.43. The summed E-state index contributed by atoms with van der Waals surface area (Å²) in [6, 6.07) is 0.994. The maximum atomic E-state index is 12.4. The Bertz CT molecular complexity index is 749. The Labute approximate surface area is 147 Å². The Kier molecular flexibility index (Phi) is 5.62. The van der Waals surface area contributed by atoms with Gasteiger partial charge in [-0.15, -0.1) is 11.3 Å². The molecule has 0 unspecified atom stereocenters. The van der Waals surface area contributed by atoms with E-state index in [1.807, 2.05) is 5.38 Å². The molecule has 1 saturated heterocycles. The number of nitrogens with one attached hydrogen (secondary N) is 2. The van der Waals surface area contributed by atoms with E-state index in [1.54, 1.807) is 5.51 Å². The molecule has 0 aliphatic carbocycles. The molecule has 9 heteroatoms. The van der Waals surface area contributed by atoms with Crippen molar-refractivity contribution in [2.75, 3.05) is 13.2 Å². The van der Waals surface area contributed by atoms with Crippen LogP contribution in [0.25, 0.3) is 0 Å².